The molecule has 2 amide bonds. The lowest BCUT2D eigenvalue weighted by Gasteiger charge is -2.05. The number of carbonyl (C=O) groups excluding carboxylic acids is 2. The van der Waals surface area contributed by atoms with Gasteiger partial charge in [0, 0.05) is 6.54 Å². The van der Waals surface area contributed by atoms with Crippen LogP contribution in [0.25, 0.3) is 0 Å². The van der Waals surface area contributed by atoms with E-state index in [0.29, 0.717) is 0 Å². The monoisotopic (exact) mass is 157 g/mol. The number of carbonyl (C=O) groups is 2. The molecule has 0 saturated heterocycles. The van der Waals surface area contributed by atoms with Crippen LogP contribution < -0.4 is 16.2 Å². The quantitative estimate of drug-likeness (QED) is 0.478. The summed E-state index contributed by atoms with van der Waals surface area (Å²) in [6, 6.07) is -0.684. The van der Waals surface area contributed by atoms with Gasteiger partial charge in [0.1, 0.15) is 0 Å². The van der Waals surface area contributed by atoms with Crippen LogP contribution in [0.15, 0.2) is 12.2 Å². The van der Waals surface area contributed by atoms with Crippen LogP contribution >= 0.6 is 0 Å². The first-order valence-corrected chi connectivity index (χ1v) is 2.96. The van der Waals surface area contributed by atoms with Gasteiger partial charge in [-0.25, -0.2) is 4.79 Å². The molecule has 0 radical (unpaired) electrons. The summed E-state index contributed by atoms with van der Waals surface area (Å²) in [6.07, 6.45) is 0.144. The minimum absolute atomic E-state index is 0.0567. The smallest absolute Gasteiger partial charge is 0.312 e. The molecule has 5 heteroatoms. The van der Waals surface area contributed by atoms with Crippen LogP contribution in [-0.4, -0.2) is 18.5 Å². The zero-order chi connectivity index (χ0) is 8.85. The van der Waals surface area contributed by atoms with Crippen molar-refractivity contribution in [2.24, 2.45) is 5.73 Å². The van der Waals surface area contributed by atoms with Crippen LogP contribution in [0.5, 0.6) is 0 Å². The van der Waals surface area contributed by atoms with Crippen molar-refractivity contribution >= 4 is 12.0 Å². The second-order valence-corrected chi connectivity index (χ2v) is 1.93. The summed E-state index contributed by atoms with van der Waals surface area (Å²) in [6.45, 7) is 3.37. The number of carboxylic acids is 1. The molecule has 0 atom stereocenters. The Balaban J connectivity index is 3.47. The molecule has 0 fully saturated rings. The molecule has 0 aromatic heterocycles. The Bertz CT molecular complexity index is 188. The Morgan fingerprint density at radius 1 is 1.55 bits per heavy atom. The lowest BCUT2D eigenvalue weighted by atomic mass is 10.2. The van der Waals surface area contributed by atoms with Gasteiger partial charge in [0.25, 0.3) is 0 Å². The molecule has 0 aliphatic rings. The van der Waals surface area contributed by atoms with E-state index >= 15 is 0 Å². The summed E-state index contributed by atoms with van der Waals surface area (Å²) in [5.74, 6) is -1.31. The zero-order valence-electron chi connectivity index (χ0n) is 5.92. The number of nitrogens with one attached hydrogen (secondary N) is 1. The van der Waals surface area contributed by atoms with Gasteiger partial charge in [-0.15, -0.1) is 0 Å². The third-order valence-electron chi connectivity index (χ3n) is 1.01. The highest BCUT2D eigenvalue weighted by molar-refractivity contribution is 5.83. The van der Waals surface area contributed by atoms with Crippen molar-refractivity contribution in [3.8, 4) is 0 Å². The van der Waals surface area contributed by atoms with E-state index in [1.165, 1.54) is 0 Å². The molecule has 0 aromatic rings. The van der Waals surface area contributed by atoms with Gasteiger partial charge in [-0.05, 0) is 12.0 Å². The Labute approximate surface area is 63.9 Å². The number of hydrogen-bond donors (Lipinski definition) is 2. The summed E-state index contributed by atoms with van der Waals surface area (Å²) in [7, 11) is 0. The molecule has 62 valence electrons. The number of carboxylic acid groups (broad SMARTS) is 1. The SMILES string of the molecule is C=C(CCNC(N)=O)C(=O)[O-]. The predicted molar refractivity (Wildman–Crippen MR) is 36.4 cm³/mol. The van der Waals surface area contributed by atoms with E-state index < -0.39 is 12.0 Å². The molecule has 5 nitrogen and oxygen atoms in total. The van der Waals surface area contributed by atoms with Gasteiger partial charge in [-0.2, -0.15) is 0 Å². The molecule has 0 aliphatic carbocycles. The third kappa shape index (κ3) is 4.95. The molecule has 0 unspecified atom stereocenters. The lowest BCUT2D eigenvalue weighted by Crippen LogP contribution is -2.32. The van der Waals surface area contributed by atoms with Gasteiger partial charge in [0.2, 0.25) is 0 Å². The van der Waals surface area contributed by atoms with Crippen molar-refractivity contribution in [1.82, 2.24) is 5.32 Å². The second-order valence-electron chi connectivity index (χ2n) is 1.93. The molecule has 0 saturated carbocycles. The van der Waals surface area contributed by atoms with E-state index in [2.05, 4.69) is 11.9 Å². The number of nitrogens with two attached hydrogens (primary N) is 1. The van der Waals surface area contributed by atoms with Crippen LogP contribution in [0.4, 0.5) is 4.79 Å². The highest BCUT2D eigenvalue weighted by Gasteiger charge is 1.95. The molecule has 11 heavy (non-hydrogen) atoms. The molecule has 0 rings (SSSR count). The topological polar surface area (TPSA) is 95.2 Å². The summed E-state index contributed by atoms with van der Waals surface area (Å²) < 4.78 is 0. The number of aliphatic carboxylic acids is 1. The van der Waals surface area contributed by atoms with Crippen molar-refractivity contribution < 1.29 is 14.7 Å². The van der Waals surface area contributed by atoms with E-state index in [4.69, 9.17) is 5.73 Å². The normalized spacial score (nSPS) is 8.73. The molecule has 0 aliphatic heterocycles. The molecule has 0 spiro atoms. The molecular weight excluding hydrogens is 148 g/mol. The maximum absolute atomic E-state index is 10.1. The average Bonchev–Trinajstić information content (AvgIpc) is 1.86. The Hall–Kier alpha value is -1.52. The fraction of sp³-hybridized carbons (Fsp3) is 0.333. The van der Waals surface area contributed by atoms with Crippen LogP contribution in [0.2, 0.25) is 0 Å². The fourth-order valence-electron chi connectivity index (χ4n) is 0.439. The van der Waals surface area contributed by atoms with Crippen molar-refractivity contribution in [3.05, 3.63) is 12.2 Å². The van der Waals surface area contributed by atoms with Gasteiger partial charge in [0.05, 0.1) is 5.97 Å². The minimum atomic E-state index is -1.31. The Morgan fingerprint density at radius 3 is 2.45 bits per heavy atom. The minimum Gasteiger partial charge on any atom is -0.545 e. The first-order valence-electron chi connectivity index (χ1n) is 2.96. The van der Waals surface area contributed by atoms with Crippen molar-refractivity contribution in [2.45, 2.75) is 6.42 Å². The van der Waals surface area contributed by atoms with E-state index in [1.807, 2.05) is 0 Å². The van der Waals surface area contributed by atoms with Gasteiger partial charge in [-0.3, -0.25) is 0 Å². The van der Waals surface area contributed by atoms with Crippen LogP contribution in [0.3, 0.4) is 0 Å². The molecule has 3 N–H and O–H groups in total. The summed E-state index contributed by atoms with van der Waals surface area (Å²) in [5.41, 5.74) is 4.66. The third-order valence-corrected chi connectivity index (χ3v) is 1.01. The molecule has 0 heterocycles. The summed E-state index contributed by atoms with van der Waals surface area (Å²) >= 11 is 0. The van der Waals surface area contributed by atoms with Crippen molar-refractivity contribution in [1.29, 1.82) is 0 Å². The molecule has 0 bridgehead atoms. The van der Waals surface area contributed by atoms with Gasteiger partial charge >= 0.3 is 6.03 Å². The zero-order valence-corrected chi connectivity index (χ0v) is 5.92. The summed E-state index contributed by atoms with van der Waals surface area (Å²) in [5, 5.41) is 12.2. The Morgan fingerprint density at radius 2 is 2.09 bits per heavy atom. The van der Waals surface area contributed by atoms with E-state index in [1.54, 1.807) is 0 Å². The fourth-order valence-corrected chi connectivity index (χ4v) is 0.439. The van der Waals surface area contributed by atoms with Gasteiger partial charge in [0.15, 0.2) is 0 Å². The number of amides is 2. The lowest BCUT2D eigenvalue weighted by molar-refractivity contribution is -0.299. The van der Waals surface area contributed by atoms with E-state index in [0.717, 1.165) is 0 Å². The van der Waals surface area contributed by atoms with Gasteiger partial charge < -0.3 is 21.0 Å². The van der Waals surface area contributed by atoms with Crippen molar-refractivity contribution in [2.75, 3.05) is 6.54 Å². The molecule has 0 aromatic carbocycles. The average molecular weight is 157 g/mol. The van der Waals surface area contributed by atoms with E-state index in [-0.39, 0.29) is 18.5 Å². The van der Waals surface area contributed by atoms with E-state index in [9.17, 15) is 14.7 Å². The van der Waals surface area contributed by atoms with Gasteiger partial charge in [-0.1, -0.05) is 6.58 Å². The summed E-state index contributed by atoms with van der Waals surface area (Å²) in [4.78, 5) is 20.1. The second kappa shape index (κ2) is 4.32. The number of primary amides is 1. The maximum atomic E-state index is 10.1. The highest BCUT2D eigenvalue weighted by atomic mass is 16.4. The first kappa shape index (κ1) is 9.48. The number of rotatable bonds is 4. The predicted octanol–water partition coefficient (Wildman–Crippen LogP) is -1.65. The maximum Gasteiger partial charge on any atom is 0.312 e. The standard InChI is InChI=1S/C6H10N2O3/c1-4(5(9)10)2-3-8-6(7)11/h1-3H2,(H,9,10)(H3,7,8,11)/p-1. The largest absolute Gasteiger partial charge is 0.545 e. The highest BCUT2D eigenvalue weighted by Crippen LogP contribution is 1.92. The van der Waals surface area contributed by atoms with Crippen LogP contribution in [0.1, 0.15) is 6.42 Å². The Kier molecular flexibility index (Phi) is 3.72. The first-order chi connectivity index (χ1) is 5.04. The van der Waals surface area contributed by atoms with Crippen LogP contribution in [0, 0.1) is 0 Å². The molecular formula is C6H9N2O3-. The number of hydrogen-bond acceptors (Lipinski definition) is 3. The van der Waals surface area contributed by atoms with Crippen molar-refractivity contribution in [3.63, 3.8) is 0 Å². The number of urea groups is 1. The van der Waals surface area contributed by atoms with Crippen LogP contribution in [-0.2, 0) is 4.79 Å².